The normalized spacial score (nSPS) is 19.6. The average Bonchev–Trinajstić information content (AvgIpc) is 2.39. The number of rotatable bonds is 0. The molecule has 2 rings (SSSR count). The van der Waals surface area contributed by atoms with Crippen LogP contribution in [0.3, 0.4) is 0 Å². The Morgan fingerprint density at radius 2 is 2.25 bits per heavy atom. The molecule has 1 aromatic rings. The van der Waals surface area contributed by atoms with Gasteiger partial charge in [0.15, 0.2) is 0 Å². The van der Waals surface area contributed by atoms with E-state index < -0.39 is 0 Å². The van der Waals surface area contributed by atoms with E-state index in [1.54, 1.807) is 11.3 Å². The van der Waals surface area contributed by atoms with E-state index in [-0.39, 0.29) is 5.60 Å². The van der Waals surface area contributed by atoms with Crippen molar-refractivity contribution in [2.45, 2.75) is 26.1 Å². The summed E-state index contributed by atoms with van der Waals surface area (Å²) < 4.78 is 6.63. The Kier molecular flexibility index (Phi) is 1.75. The number of nitrogens with two attached hydrogens (primary N) is 1. The Bertz CT molecular complexity index is 332. The smallest absolute Gasteiger partial charge is 0.0935 e. The van der Waals surface area contributed by atoms with Crippen molar-refractivity contribution < 1.29 is 4.74 Å². The molecule has 2 N–H and O–H groups in total. The average molecular weight is 248 g/mol. The topological polar surface area (TPSA) is 35.2 Å². The summed E-state index contributed by atoms with van der Waals surface area (Å²) in [4.78, 5) is 1.25. The number of anilines is 1. The van der Waals surface area contributed by atoms with Crippen LogP contribution in [0.1, 0.15) is 24.3 Å². The molecule has 2 nitrogen and oxygen atoms in total. The van der Waals surface area contributed by atoms with E-state index in [1.165, 1.54) is 10.4 Å². The summed E-state index contributed by atoms with van der Waals surface area (Å²) >= 11 is 5.10. The van der Waals surface area contributed by atoms with Crippen LogP contribution in [-0.4, -0.2) is 0 Å². The first kappa shape index (κ1) is 8.53. The van der Waals surface area contributed by atoms with Gasteiger partial charge in [0, 0.05) is 10.4 Å². The Labute approximate surface area is 83.8 Å². The van der Waals surface area contributed by atoms with Crippen molar-refractivity contribution in [3.63, 3.8) is 0 Å². The van der Waals surface area contributed by atoms with E-state index in [4.69, 9.17) is 10.5 Å². The van der Waals surface area contributed by atoms with Crippen molar-refractivity contribution >= 4 is 33.0 Å². The van der Waals surface area contributed by atoms with Crippen molar-refractivity contribution in [2.24, 2.45) is 0 Å². The second kappa shape index (κ2) is 2.47. The fraction of sp³-hybridized carbons (Fsp3) is 0.500. The summed E-state index contributed by atoms with van der Waals surface area (Å²) in [6.07, 6.45) is 0. The van der Waals surface area contributed by atoms with Gasteiger partial charge in [-0.25, -0.2) is 0 Å². The quantitative estimate of drug-likeness (QED) is 0.766. The molecule has 0 amide bonds. The minimum Gasteiger partial charge on any atom is -0.397 e. The lowest BCUT2D eigenvalue weighted by Gasteiger charge is -2.18. The SMILES string of the molecule is CC1(C)OCc2sc(Br)c(N)c21. The summed E-state index contributed by atoms with van der Waals surface area (Å²) in [6, 6.07) is 0. The van der Waals surface area contributed by atoms with Gasteiger partial charge in [-0.3, -0.25) is 0 Å². The molecule has 0 fully saturated rings. The van der Waals surface area contributed by atoms with Crippen molar-refractivity contribution in [3.8, 4) is 0 Å². The first-order valence-corrected chi connectivity index (χ1v) is 5.34. The largest absolute Gasteiger partial charge is 0.397 e. The molecule has 12 heavy (non-hydrogen) atoms. The van der Waals surface area contributed by atoms with Gasteiger partial charge < -0.3 is 10.5 Å². The van der Waals surface area contributed by atoms with Crippen LogP contribution in [0.15, 0.2) is 3.79 Å². The summed E-state index contributed by atoms with van der Waals surface area (Å²) in [5.41, 5.74) is 7.72. The molecule has 0 saturated carbocycles. The second-order valence-corrected chi connectivity index (χ2v) is 5.81. The number of hydrogen-bond acceptors (Lipinski definition) is 3. The zero-order valence-electron chi connectivity index (χ0n) is 6.98. The molecule has 0 radical (unpaired) electrons. The maximum Gasteiger partial charge on any atom is 0.0935 e. The summed E-state index contributed by atoms with van der Waals surface area (Å²) in [5.74, 6) is 0. The van der Waals surface area contributed by atoms with Crippen LogP contribution >= 0.6 is 27.3 Å². The third kappa shape index (κ3) is 1.02. The molecule has 1 aromatic heterocycles. The standard InChI is InChI=1S/C8H10BrNOS/c1-8(2)5-4(3-11-8)12-7(9)6(5)10/h3,10H2,1-2H3. The van der Waals surface area contributed by atoms with Gasteiger partial charge in [-0.15, -0.1) is 11.3 Å². The van der Waals surface area contributed by atoms with Crippen LogP contribution in [0, 0.1) is 0 Å². The maximum atomic E-state index is 5.91. The third-order valence-corrected chi connectivity index (χ3v) is 4.02. The molecule has 0 aliphatic carbocycles. The molecule has 1 aliphatic rings. The first-order chi connectivity index (χ1) is 5.52. The van der Waals surface area contributed by atoms with Crippen molar-refractivity contribution in [1.82, 2.24) is 0 Å². The van der Waals surface area contributed by atoms with Gasteiger partial charge in [-0.2, -0.15) is 0 Å². The number of fused-ring (bicyclic) bond motifs is 1. The van der Waals surface area contributed by atoms with Gasteiger partial charge in [0.2, 0.25) is 0 Å². The molecule has 4 heteroatoms. The molecular formula is C8H10BrNOS. The van der Waals surface area contributed by atoms with Crippen molar-refractivity contribution in [3.05, 3.63) is 14.2 Å². The zero-order chi connectivity index (χ0) is 8.93. The van der Waals surface area contributed by atoms with E-state index in [2.05, 4.69) is 15.9 Å². The third-order valence-electron chi connectivity index (χ3n) is 2.14. The van der Waals surface area contributed by atoms with E-state index in [9.17, 15) is 0 Å². The summed E-state index contributed by atoms with van der Waals surface area (Å²) in [5, 5.41) is 0. The van der Waals surface area contributed by atoms with Crippen LogP contribution in [0.4, 0.5) is 5.69 Å². The Hall–Kier alpha value is -0.0600. The minimum absolute atomic E-state index is 0.206. The van der Waals surface area contributed by atoms with Gasteiger partial charge in [0.1, 0.15) is 0 Å². The summed E-state index contributed by atoms with van der Waals surface area (Å²) in [7, 11) is 0. The van der Waals surface area contributed by atoms with Gasteiger partial charge in [-0.1, -0.05) is 0 Å². The van der Waals surface area contributed by atoms with Gasteiger partial charge in [-0.05, 0) is 29.8 Å². The highest BCUT2D eigenvalue weighted by Gasteiger charge is 2.35. The predicted molar refractivity (Wildman–Crippen MR) is 54.2 cm³/mol. The fourth-order valence-corrected chi connectivity index (χ4v) is 3.33. The molecular weight excluding hydrogens is 238 g/mol. The highest BCUT2D eigenvalue weighted by atomic mass is 79.9. The lowest BCUT2D eigenvalue weighted by molar-refractivity contribution is -0.00721. The van der Waals surface area contributed by atoms with Crippen LogP contribution in [-0.2, 0) is 16.9 Å². The molecule has 0 unspecified atom stereocenters. The molecule has 1 aliphatic heterocycles. The van der Waals surface area contributed by atoms with Crippen LogP contribution in [0.2, 0.25) is 0 Å². The molecule has 0 bridgehead atoms. The van der Waals surface area contributed by atoms with Gasteiger partial charge in [0.05, 0.1) is 21.7 Å². The predicted octanol–water partition coefficient (Wildman–Crippen LogP) is 2.86. The zero-order valence-corrected chi connectivity index (χ0v) is 9.38. The van der Waals surface area contributed by atoms with E-state index in [0.717, 1.165) is 9.47 Å². The van der Waals surface area contributed by atoms with E-state index in [0.29, 0.717) is 6.61 Å². The van der Waals surface area contributed by atoms with E-state index in [1.807, 2.05) is 13.8 Å². The molecule has 2 heterocycles. The number of ether oxygens (including phenoxy) is 1. The number of hydrogen-bond donors (Lipinski definition) is 1. The number of thiophene rings is 1. The second-order valence-electron chi connectivity index (χ2n) is 3.39. The maximum absolute atomic E-state index is 5.91. The molecule has 0 saturated heterocycles. The number of nitrogen functional groups attached to an aromatic ring is 1. The highest BCUT2D eigenvalue weighted by Crippen LogP contribution is 2.47. The molecule has 0 atom stereocenters. The molecule has 66 valence electrons. The van der Waals surface area contributed by atoms with Crippen molar-refractivity contribution in [1.29, 1.82) is 0 Å². The fourth-order valence-electron chi connectivity index (χ4n) is 1.54. The Morgan fingerprint density at radius 1 is 1.58 bits per heavy atom. The highest BCUT2D eigenvalue weighted by molar-refractivity contribution is 9.11. The van der Waals surface area contributed by atoms with Gasteiger partial charge >= 0.3 is 0 Å². The Morgan fingerprint density at radius 3 is 2.83 bits per heavy atom. The monoisotopic (exact) mass is 247 g/mol. The van der Waals surface area contributed by atoms with Crippen LogP contribution in [0.5, 0.6) is 0 Å². The van der Waals surface area contributed by atoms with Gasteiger partial charge in [0.25, 0.3) is 0 Å². The van der Waals surface area contributed by atoms with Crippen LogP contribution in [0.25, 0.3) is 0 Å². The first-order valence-electron chi connectivity index (χ1n) is 3.73. The molecule has 0 spiro atoms. The van der Waals surface area contributed by atoms with Crippen LogP contribution < -0.4 is 5.73 Å². The Balaban J connectivity index is 2.63. The molecule has 0 aromatic carbocycles. The van der Waals surface area contributed by atoms with E-state index >= 15 is 0 Å². The van der Waals surface area contributed by atoms with Crippen molar-refractivity contribution in [2.75, 3.05) is 5.73 Å². The lowest BCUT2D eigenvalue weighted by Crippen LogP contribution is -2.15. The minimum atomic E-state index is -0.206. The summed E-state index contributed by atoms with van der Waals surface area (Å²) in [6.45, 7) is 4.80. The number of halogens is 1. The lowest BCUT2D eigenvalue weighted by atomic mass is 10.0.